The number of aliphatic hydroxyl groups excluding tert-OH is 1. The summed E-state index contributed by atoms with van der Waals surface area (Å²) in [6.45, 7) is 2.46. The molecule has 0 fully saturated rings. The van der Waals surface area contributed by atoms with Crippen molar-refractivity contribution in [1.29, 1.82) is 0 Å². The van der Waals surface area contributed by atoms with Gasteiger partial charge in [-0.15, -0.1) is 0 Å². The molecule has 0 aliphatic heterocycles. The number of rotatable bonds is 8. The average Bonchev–Trinajstić information content (AvgIpc) is 2.38. The zero-order valence-corrected chi connectivity index (χ0v) is 12.2. The number of nitrogens with two attached hydrogens (primary N) is 1. The second-order valence-corrected chi connectivity index (χ2v) is 5.33. The Balaban J connectivity index is 2.65. The van der Waals surface area contributed by atoms with Gasteiger partial charge in [0.1, 0.15) is 5.82 Å². The molecule has 0 saturated carbocycles. The van der Waals surface area contributed by atoms with Crippen molar-refractivity contribution in [2.24, 2.45) is 5.73 Å². The Morgan fingerprint density at radius 1 is 1.32 bits per heavy atom. The van der Waals surface area contributed by atoms with E-state index in [0.29, 0.717) is 18.0 Å². The fraction of sp³-hybridized carbons (Fsp3) is 0.600. The van der Waals surface area contributed by atoms with Crippen LogP contribution in [0.2, 0.25) is 5.02 Å². The van der Waals surface area contributed by atoms with E-state index >= 15 is 0 Å². The summed E-state index contributed by atoms with van der Waals surface area (Å²) in [7, 11) is 0. The van der Waals surface area contributed by atoms with E-state index in [9.17, 15) is 9.50 Å². The van der Waals surface area contributed by atoms with Crippen molar-refractivity contribution < 1.29 is 9.50 Å². The Morgan fingerprint density at radius 2 is 2.05 bits per heavy atom. The summed E-state index contributed by atoms with van der Waals surface area (Å²) in [4.78, 5) is 0. The molecule has 0 amide bonds. The Morgan fingerprint density at radius 3 is 2.63 bits per heavy atom. The van der Waals surface area contributed by atoms with Crippen LogP contribution in [0.15, 0.2) is 18.2 Å². The smallest absolute Gasteiger partial charge is 0.124 e. The molecule has 0 aromatic heterocycles. The maximum absolute atomic E-state index is 13.0. The van der Waals surface area contributed by atoms with Gasteiger partial charge in [-0.05, 0) is 24.1 Å². The second-order valence-electron chi connectivity index (χ2n) is 4.92. The van der Waals surface area contributed by atoms with Crippen LogP contribution in [0.4, 0.5) is 4.39 Å². The van der Waals surface area contributed by atoms with E-state index in [1.165, 1.54) is 25.0 Å². The molecule has 1 aromatic carbocycles. The van der Waals surface area contributed by atoms with E-state index in [0.717, 1.165) is 18.4 Å². The summed E-state index contributed by atoms with van der Waals surface area (Å²) in [5.74, 6) is -0.600. The lowest BCUT2D eigenvalue weighted by molar-refractivity contribution is 0.132. The first-order chi connectivity index (χ1) is 9.10. The monoisotopic (exact) mass is 287 g/mol. The summed E-state index contributed by atoms with van der Waals surface area (Å²) >= 11 is 6.02. The number of halogens is 2. The minimum atomic E-state index is -0.523. The maximum atomic E-state index is 13.0. The van der Waals surface area contributed by atoms with Gasteiger partial charge in [0.25, 0.3) is 0 Å². The molecule has 4 heteroatoms. The molecule has 0 spiro atoms. The van der Waals surface area contributed by atoms with E-state index in [-0.39, 0.29) is 11.7 Å². The van der Waals surface area contributed by atoms with Crippen LogP contribution in [-0.2, 0) is 0 Å². The van der Waals surface area contributed by atoms with Gasteiger partial charge in [-0.3, -0.25) is 0 Å². The Hall–Kier alpha value is -0.640. The lowest BCUT2D eigenvalue weighted by Crippen LogP contribution is -2.26. The maximum Gasteiger partial charge on any atom is 0.124 e. The van der Waals surface area contributed by atoms with Crippen LogP contribution in [0, 0.1) is 5.82 Å². The highest BCUT2D eigenvalue weighted by atomic mass is 35.5. The molecule has 0 radical (unpaired) electrons. The van der Waals surface area contributed by atoms with Gasteiger partial charge in [0.2, 0.25) is 0 Å². The third-order valence-corrected chi connectivity index (χ3v) is 3.76. The van der Waals surface area contributed by atoms with Crippen LogP contribution in [0.25, 0.3) is 0 Å². The van der Waals surface area contributed by atoms with Crippen molar-refractivity contribution in [3.05, 3.63) is 34.6 Å². The molecule has 2 unspecified atom stereocenters. The minimum absolute atomic E-state index is 0.227. The quantitative estimate of drug-likeness (QED) is 0.713. The van der Waals surface area contributed by atoms with E-state index in [4.69, 9.17) is 17.3 Å². The van der Waals surface area contributed by atoms with Crippen molar-refractivity contribution in [2.75, 3.05) is 6.54 Å². The van der Waals surface area contributed by atoms with Crippen LogP contribution >= 0.6 is 11.6 Å². The molecule has 1 aromatic rings. The molecule has 0 bridgehead atoms. The Labute approximate surface area is 119 Å². The van der Waals surface area contributed by atoms with E-state index in [1.54, 1.807) is 6.07 Å². The standard InChI is InChI=1S/C15H23ClFNO/c1-2-3-4-5-6-15(19)13(10-18)12-8-7-11(17)9-14(12)16/h7-9,13,15,19H,2-6,10,18H2,1H3. The third-order valence-electron chi connectivity index (χ3n) is 3.43. The van der Waals surface area contributed by atoms with Crippen LogP contribution in [0.3, 0.4) is 0 Å². The zero-order chi connectivity index (χ0) is 14.3. The van der Waals surface area contributed by atoms with Crippen molar-refractivity contribution in [3.8, 4) is 0 Å². The zero-order valence-electron chi connectivity index (χ0n) is 11.4. The topological polar surface area (TPSA) is 46.2 Å². The summed E-state index contributed by atoms with van der Waals surface area (Å²) in [5, 5.41) is 10.6. The summed E-state index contributed by atoms with van der Waals surface area (Å²) < 4.78 is 13.0. The number of hydrogen-bond acceptors (Lipinski definition) is 2. The van der Waals surface area contributed by atoms with Crippen molar-refractivity contribution in [3.63, 3.8) is 0 Å². The largest absolute Gasteiger partial charge is 0.392 e. The van der Waals surface area contributed by atoms with Gasteiger partial charge in [0.15, 0.2) is 0 Å². The van der Waals surface area contributed by atoms with Crippen molar-refractivity contribution in [1.82, 2.24) is 0 Å². The molecular formula is C15H23ClFNO. The average molecular weight is 288 g/mol. The van der Waals surface area contributed by atoms with E-state index in [2.05, 4.69) is 6.92 Å². The third kappa shape index (κ3) is 5.09. The predicted molar refractivity (Wildman–Crippen MR) is 78.0 cm³/mol. The summed E-state index contributed by atoms with van der Waals surface area (Å²) in [6, 6.07) is 4.24. The van der Waals surface area contributed by atoms with Crippen LogP contribution in [0.1, 0.15) is 50.5 Å². The number of hydrogen-bond donors (Lipinski definition) is 2. The van der Waals surface area contributed by atoms with E-state index in [1.807, 2.05) is 0 Å². The first-order valence-electron chi connectivity index (χ1n) is 6.93. The molecule has 2 nitrogen and oxygen atoms in total. The van der Waals surface area contributed by atoms with E-state index < -0.39 is 6.10 Å². The van der Waals surface area contributed by atoms with Gasteiger partial charge in [-0.1, -0.05) is 50.3 Å². The highest BCUT2D eigenvalue weighted by Gasteiger charge is 2.21. The Kier molecular flexibility index (Phi) is 7.36. The lowest BCUT2D eigenvalue weighted by atomic mass is 9.90. The second kappa shape index (κ2) is 8.51. The molecule has 0 aliphatic carbocycles. The molecule has 0 saturated heterocycles. The fourth-order valence-electron chi connectivity index (χ4n) is 2.27. The van der Waals surface area contributed by atoms with Crippen LogP contribution < -0.4 is 5.73 Å². The SMILES string of the molecule is CCCCCCC(O)C(CN)c1ccc(F)cc1Cl. The van der Waals surface area contributed by atoms with Gasteiger partial charge < -0.3 is 10.8 Å². The van der Waals surface area contributed by atoms with Gasteiger partial charge in [-0.2, -0.15) is 0 Å². The van der Waals surface area contributed by atoms with Crippen LogP contribution in [0.5, 0.6) is 0 Å². The summed E-state index contributed by atoms with van der Waals surface area (Å²) in [6.07, 6.45) is 4.61. The first kappa shape index (κ1) is 16.4. The van der Waals surface area contributed by atoms with Gasteiger partial charge >= 0.3 is 0 Å². The van der Waals surface area contributed by atoms with Crippen LogP contribution in [-0.4, -0.2) is 17.8 Å². The predicted octanol–water partition coefficient (Wildman–Crippen LogP) is 3.85. The van der Waals surface area contributed by atoms with Crippen molar-refractivity contribution in [2.45, 2.75) is 51.0 Å². The number of aliphatic hydroxyl groups is 1. The fourth-order valence-corrected chi connectivity index (χ4v) is 2.58. The van der Waals surface area contributed by atoms with Gasteiger partial charge in [-0.25, -0.2) is 4.39 Å². The number of unbranched alkanes of at least 4 members (excludes halogenated alkanes) is 3. The first-order valence-corrected chi connectivity index (χ1v) is 7.31. The molecule has 1 rings (SSSR count). The molecule has 108 valence electrons. The Bertz CT molecular complexity index is 386. The molecule has 2 atom stereocenters. The molecule has 19 heavy (non-hydrogen) atoms. The summed E-state index contributed by atoms with van der Waals surface area (Å²) in [5.41, 5.74) is 6.46. The molecule has 0 heterocycles. The molecule has 0 aliphatic rings. The van der Waals surface area contributed by atoms with Gasteiger partial charge in [0.05, 0.1) is 6.10 Å². The molecule has 3 N–H and O–H groups in total. The highest BCUT2D eigenvalue weighted by Crippen LogP contribution is 2.29. The lowest BCUT2D eigenvalue weighted by Gasteiger charge is -2.23. The number of benzene rings is 1. The normalized spacial score (nSPS) is 14.4. The molecular weight excluding hydrogens is 265 g/mol. The van der Waals surface area contributed by atoms with Crippen molar-refractivity contribution >= 4 is 11.6 Å². The van der Waals surface area contributed by atoms with Gasteiger partial charge in [0, 0.05) is 17.5 Å². The highest BCUT2D eigenvalue weighted by molar-refractivity contribution is 6.31. The minimum Gasteiger partial charge on any atom is -0.392 e.